The standard InChI is InChI=1S/C22H24N2O4/c1-14-6-5-7-18(15(14)2)23-20-19(16-8-10-17(28-4)11-9-16)21(25)24(22(20)26)12-13-27-3/h5-11,23H,12-13H2,1-4H3. The van der Waals surface area contributed by atoms with Crippen molar-refractivity contribution in [1.29, 1.82) is 0 Å². The topological polar surface area (TPSA) is 67.9 Å². The molecule has 0 atom stereocenters. The van der Waals surface area contributed by atoms with Crippen LogP contribution in [-0.4, -0.2) is 44.1 Å². The predicted molar refractivity (Wildman–Crippen MR) is 108 cm³/mol. The number of amides is 2. The second-order valence-corrected chi connectivity index (χ2v) is 6.61. The zero-order valence-corrected chi connectivity index (χ0v) is 16.5. The minimum atomic E-state index is -0.353. The maximum atomic E-state index is 13.0. The predicted octanol–water partition coefficient (Wildman–Crippen LogP) is 3.15. The summed E-state index contributed by atoms with van der Waals surface area (Å²) < 4.78 is 10.3. The molecule has 3 rings (SSSR count). The lowest BCUT2D eigenvalue weighted by atomic mass is 10.0. The summed E-state index contributed by atoms with van der Waals surface area (Å²) in [7, 11) is 3.12. The van der Waals surface area contributed by atoms with Gasteiger partial charge in [0.1, 0.15) is 11.4 Å². The van der Waals surface area contributed by atoms with E-state index < -0.39 is 0 Å². The first-order valence-electron chi connectivity index (χ1n) is 9.05. The Morgan fingerprint density at radius 3 is 2.32 bits per heavy atom. The maximum absolute atomic E-state index is 13.0. The van der Waals surface area contributed by atoms with Gasteiger partial charge in [0.15, 0.2) is 0 Å². The molecule has 28 heavy (non-hydrogen) atoms. The van der Waals surface area contributed by atoms with Crippen molar-refractivity contribution in [2.75, 3.05) is 32.7 Å². The number of hydrogen-bond acceptors (Lipinski definition) is 5. The van der Waals surface area contributed by atoms with Gasteiger partial charge >= 0.3 is 0 Å². The Kier molecular flexibility index (Phi) is 5.80. The molecule has 6 heteroatoms. The number of ether oxygens (including phenoxy) is 2. The SMILES string of the molecule is COCCN1C(=O)C(Nc2cccc(C)c2C)=C(c2ccc(OC)cc2)C1=O. The number of rotatable bonds is 7. The third-order valence-corrected chi connectivity index (χ3v) is 4.93. The van der Waals surface area contributed by atoms with Crippen molar-refractivity contribution in [2.45, 2.75) is 13.8 Å². The quantitative estimate of drug-likeness (QED) is 0.748. The molecule has 0 aromatic heterocycles. The third kappa shape index (κ3) is 3.64. The fourth-order valence-corrected chi connectivity index (χ4v) is 3.12. The molecule has 1 heterocycles. The molecule has 2 aromatic carbocycles. The molecule has 6 nitrogen and oxygen atoms in total. The number of hydrogen-bond donors (Lipinski definition) is 1. The summed E-state index contributed by atoms with van der Waals surface area (Å²) in [5.41, 5.74) is 4.22. The average molecular weight is 380 g/mol. The third-order valence-electron chi connectivity index (χ3n) is 4.93. The smallest absolute Gasteiger partial charge is 0.278 e. The Labute approximate surface area is 164 Å². The molecule has 0 bridgehead atoms. The molecule has 1 aliphatic heterocycles. The number of nitrogens with zero attached hydrogens (tertiary/aromatic N) is 1. The number of carbonyl (C=O) groups excluding carboxylic acids is 2. The fraction of sp³-hybridized carbons (Fsp3) is 0.273. The number of nitrogens with one attached hydrogen (secondary N) is 1. The molecule has 0 saturated heterocycles. The van der Waals surface area contributed by atoms with Gasteiger partial charge in [-0.1, -0.05) is 24.3 Å². The van der Waals surface area contributed by atoms with Crippen LogP contribution in [0.1, 0.15) is 16.7 Å². The van der Waals surface area contributed by atoms with Gasteiger partial charge in [-0.25, -0.2) is 0 Å². The van der Waals surface area contributed by atoms with Crippen LogP contribution in [0, 0.1) is 13.8 Å². The minimum Gasteiger partial charge on any atom is -0.497 e. The zero-order chi connectivity index (χ0) is 20.3. The van der Waals surface area contributed by atoms with Crippen molar-refractivity contribution in [1.82, 2.24) is 4.90 Å². The molecule has 0 fully saturated rings. The van der Waals surface area contributed by atoms with Crippen LogP contribution in [0.4, 0.5) is 5.69 Å². The van der Waals surface area contributed by atoms with Gasteiger partial charge in [-0.2, -0.15) is 0 Å². The van der Waals surface area contributed by atoms with Gasteiger partial charge in [-0.3, -0.25) is 14.5 Å². The van der Waals surface area contributed by atoms with Crippen LogP contribution in [0.15, 0.2) is 48.2 Å². The van der Waals surface area contributed by atoms with Crippen LogP contribution in [0.3, 0.4) is 0 Å². The highest BCUT2D eigenvalue weighted by Crippen LogP contribution is 2.32. The highest BCUT2D eigenvalue weighted by molar-refractivity contribution is 6.36. The highest BCUT2D eigenvalue weighted by Gasteiger charge is 2.39. The van der Waals surface area contributed by atoms with Gasteiger partial charge in [0.25, 0.3) is 11.8 Å². The summed E-state index contributed by atoms with van der Waals surface area (Å²) in [5.74, 6) is -0.00445. The molecular weight excluding hydrogens is 356 g/mol. The van der Waals surface area contributed by atoms with Crippen LogP contribution in [0.2, 0.25) is 0 Å². The van der Waals surface area contributed by atoms with E-state index in [-0.39, 0.29) is 30.7 Å². The van der Waals surface area contributed by atoms with Crippen molar-refractivity contribution in [3.63, 3.8) is 0 Å². The Morgan fingerprint density at radius 2 is 1.68 bits per heavy atom. The molecule has 1 aliphatic rings. The van der Waals surface area contributed by atoms with Gasteiger partial charge in [0.05, 0.1) is 25.8 Å². The number of benzene rings is 2. The molecule has 0 saturated carbocycles. The first-order chi connectivity index (χ1) is 13.5. The number of aryl methyl sites for hydroxylation is 1. The second-order valence-electron chi connectivity index (χ2n) is 6.61. The van der Waals surface area contributed by atoms with Crippen LogP contribution >= 0.6 is 0 Å². The Balaban J connectivity index is 2.06. The highest BCUT2D eigenvalue weighted by atomic mass is 16.5. The molecule has 146 valence electrons. The van der Waals surface area contributed by atoms with Crippen molar-refractivity contribution in [3.8, 4) is 5.75 Å². The lowest BCUT2D eigenvalue weighted by molar-refractivity contribution is -0.137. The van der Waals surface area contributed by atoms with E-state index in [1.165, 1.54) is 12.0 Å². The van der Waals surface area contributed by atoms with E-state index >= 15 is 0 Å². The van der Waals surface area contributed by atoms with Gasteiger partial charge in [-0.05, 0) is 48.7 Å². The molecule has 1 N–H and O–H groups in total. The monoisotopic (exact) mass is 380 g/mol. The lowest BCUT2D eigenvalue weighted by Crippen LogP contribution is -2.35. The molecular formula is C22H24N2O4. The van der Waals surface area contributed by atoms with E-state index in [1.54, 1.807) is 31.4 Å². The number of anilines is 1. The molecule has 0 radical (unpaired) electrons. The van der Waals surface area contributed by atoms with Gasteiger partial charge in [-0.15, -0.1) is 0 Å². The molecule has 0 unspecified atom stereocenters. The molecule has 2 aromatic rings. The van der Waals surface area contributed by atoms with Crippen LogP contribution in [0.5, 0.6) is 5.75 Å². The van der Waals surface area contributed by atoms with E-state index in [1.807, 2.05) is 32.0 Å². The van der Waals surface area contributed by atoms with Crippen LogP contribution in [-0.2, 0) is 14.3 Å². The van der Waals surface area contributed by atoms with Crippen molar-refractivity contribution in [3.05, 3.63) is 64.9 Å². The minimum absolute atomic E-state index is 0.200. The Morgan fingerprint density at radius 1 is 0.964 bits per heavy atom. The van der Waals surface area contributed by atoms with E-state index in [4.69, 9.17) is 9.47 Å². The number of imide groups is 1. The lowest BCUT2D eigenvalue weighted by Gasteiger charge is -2.15. The summed E-state index contributed by atoms with van der Waals surface area (Å²) in [6.07, 6.45) is 0. The number of methoxy groups -OCH3 is 2. The maximum Gasteiger partial charge on any atom is 0.278 e. The van der Waals surface area contributed by atoms with Gasteiger partial charge < -0.3 is 14.8 Å². The summed E-state index contributed by atoms with van der Waals surface area (Å²) >= 11 is 0. The van der Waals surface area contributed by atoms with E-state index in [2.05, 4.69) is 5.32 Å². The summed E-state index contributed by atoms with van der Waals surface area (Å²) in [6.45, 7) is 4.47. The van der Waals surface area contributed by atoms with Crippen LogP contribution < -0.4 is 10.1 Å². The summed E-state index contributed by atoms with van der Waals surface area (Å²) in [6, 6.07) is 12.9. The van der Waals surface area contributed by atoms with Crippen molar-refractivity contribution in [2.24, 2.45) is 0 Å². The Bertz CT molecular complexity index is 932. The van der Waals surface area contributed by atoms with Crippen LogP contribution in [0.25, 0.3) is 5.57 Å². The molecule has 0 spiro atoms. The first kappa shape index (κ1) is 19.6. The molecule has 2 amide bonds. The zero-order valence-electron chi connectivity index (χ0n) is 16.5. The summed E-state index contributed by atoms with van der Waals surface area (Å²) in [5, 5.41) is 3.21. The second kappa shape index (κ2) is 8.27. The fourth-order valence-electron chi connectivity index (χ4n) is 3.12. The van der Waals surface area contributed by atoms with Crippen molar-refractivity contribution < 1.29 is 19.1 Å². The van der Waals surface area contributed by atoms with E-state index in [9.17, 15) is 9.59 Å². The average Bonchev–Trinajstić information content (AvgIpc) is 2.93. The van der Waals surface area contributed by atoms with E-state index in [0.29, 0.717) is 16.9 Å². The van der Waals surface area contributed by atoms with Crippen molar-refractivity contribution >= 4 is 23.1 Å². The van der Waals surface area contributed by atoms with E-state index in [0.717, 1.165) is 16.8 Å². The normalized spacial score (nSPS) is 14.1. The molecule has 0 aliphatic carbocycles. The first-order valence-corrected chi connectivity index (χ1v) is 9.05. The largest absolute Gasteiger partial charge is 0.497 e. The van der Waals surface area contributed by atoms with Gasteiger partial charge in [0, 0.05) is 12.8 Å². The Hall–Kier alpha value is -3.12. The van der Waals surface area contributed by atoms with Gasteiger partial charge in [0.2, 0.25) is 0 Å². The summed E-state index contributed by atoms with van der Waals surface area (Å²) in [4.78, 5) is 27.3. The number of carbonyl (C=O) groups is 2.